The molecule has 0 aliphatic carbocycles. The molecule has 4 N–H and O–H groups in total. The van der Waals surface area contributed by atoms with Crippen molar-refractivity contribution in [1.29, 1.82) is 0 Å². The van der Waals surface area contributed by atoms with Gasteiger partial charge in [0.1, 0.15) is 6.04 Å². The van der Waals surface area contributed by atoms with Crippen LogP contribution in [0.25, 0.3) is 0 Å². The van der Waals surface area contributed by atoms with Gasteiger partial charge >= 0.3 is 12.0 Å². The minimum Gasteiger partial charge on any atom is -0.467 e. The molecule has 0 heterocycles. The molecular formula is C18H19N3O4. The lowest BCUT2D eigenvalue weighted by Crippen LogP contribution is -2.45. The van der Waals surface area contributed by atoms with E-state index in [2.05, 4.69) is 10.6 Å². The fourth-order valence-corrected chi connectivity index (χ4v) is 2.23. The first-order chi connectivity index (χ1) is 12.0. The largest absolute Gasteiger partial charge is 0.467 e. The van der Waals surface area contributed by atoms with Gasteiger partial charge < -0.3 is 21.1 Å². The molecule has 2 rings (SSSR count). The smallest absolute Gasteiger partial charge is 0.328 e. The van der Waals surface area contributed by atoms with Gasteiger partial charge in [-0.1, -0.05) is 30.3 Å². The summed E-state index contributed by atoms with van der Waals surface area (Å²) in [5, 5.41) is 5.18. The summed E-state index contributed by atoms with van der Waals surface area (Å²) in [7, 11) is 1.27. The Bertz CT molecular complexity index is 745. The molecule has 1 unspecified atom stereocenters. The maximum atomic E-state index is 12.1. The number of urea groups is 1. The highest BCUT2D eigenvalue weighted by atomic mass is 16.5. The van der Waals surface area contributed by atoms with Crippen molar-refractivity contribution >= 4 is 23.6 Å². The third kappa shape index (κ3) is 5.35. The van der Waals surface area contributed by atoms with Crippen molar-refractivity contribution in [2.75, 3.05) is 12.4 Å². The number of carbonyl (C=O) groups excluding carboxylic acids is 3. The first-order valence-electron chi connectivity index (χ1n) is 7.58. The number of primary amides is 1. The summed E-state index contributed by atoms with van der Waals surface area (Å²) < 4.78 is 4.74. The molecule has 130 valence electrons. The van der Waals surface area contributed by atoms with Gasteiger partial charge in [0.15, 0.2) is 0 Å². The van der Waals surface area contributed by atoms with Gasteiger partial charge in [-0.2, -0.15) is 0 Å². The zero-order chi connectivity index (χ0) is 18.2. The number of benzene rings is 2. The van der Waals surface area contributed by atoms with Crippen molar-refractivity contribution in [3.05, 3.63) is 65.7 Å². The lowest BCUT2D eigenvalue weighted by molar-refractivity contribution is -0.142. The average molecular weight is 341 g/mol. The summed E-state index contributed by atoms with van der Waals surface area (Å²) in [5.41, 5.74) is 6.85. The fraction of sp³-hybridized carbons (Fsp3) is 0.167. The quantitative estimate of drug-likeness (QED) is 0.694. The molecule has 7 heteroatoms. The molecule has 0 spiro atoms. The molecule has 0 bridgehead atoms. The fourth-order valence-electron chi connectivity index (χ4n) is 2.23. The molecule has 3 amide bonds. The van der Waals surface area contributed by atoms with Gasteiger partial charge in [-0.3, -0.25) is 4.79 Å². The monoisotopic (exact) mass is 341 g/mol. The Kier molecular flexibility index (Phi) is 6.11. The molecule has 1 atom stereocenters. The molecule has 2 aromatic rings. The van der Waals surface area contributed by atoms with Crippen molar-refractivity contribution in [3.8, 4) is 0 Å². The number of ether oxygens (including phenoxy) is 1. The second-order valence-electron chi connectivity index (χ2n) is 5.31. The number of anilines is 1. The highest BCUT2D eigenvalue weighted by Crippen LogP contribution is 2.10. The molecule has 0 saturated heterocycles. The number of hydrogen-bond acceptors (Lipinski definition) is 4. The van der Waals surface area contributed by atoms with Gasteiger partial charge in [0, 0.05) is 17.7 Å². The molecular weight excluding hydrogens is 322 g/mol. The van der Waals surface area contributed by atoms with Crippen LogP contribution in [0.5, 0.6) is 0 Å². The number of carbonyl (C=O) groups is 3. The van der Waals surface area contributed by atoms with Crippen molar-refractivity contribution in [2.45, 2.75) is 12.5 Å². The third-order valence-electron chi connectivity index (χ3n) is 3.50. The molecule has 0 fully saturated rings. The van der Waals surface area contributed by atoms with E-state index in [1.54, 1.807) is 12.1 Å². The predicted octanol–water partition coefficient (Wildman–Crippen LogP) is 1.69. The topological polar surface area (TPSA) is 111 Å². The normalized spacial score (nSPS) is 11.2. The minimum absolute atomic E-state index is 0.307. The SMILES string of the molecule is COC(=O)C(Cc1ccccc1)NC(=O)Nc1ccc(C(N)=O)cc1. The van der Waals surface area contributed by atoms with Gasteiger partial charge in [-0.25, -0.2) is 9.59 Å². The van der Waals surface area contributed by atoms with Crippen molar-refractivity contribution < 1.29 is 19.1 Å². The van der Waals surface area contributed by atoms with Crippen molar-refractivity contribution in [2.24, 2.45) is 5.73 Å². The van der Waals surface area contributed by atoms with Crippen LogP contribution in [0, 0.1) is 0 Å². The highest BCUT2D eigenvalue weighted by Gasteiger charge is 2.22. The van der Waals surface area contributed by atoms with E-state index in [0.717, 1.165) is 5.56 Å². The van der Waals surface area contributed by atoms with Gasteiger partial charge in [0.05, 0.1) is 7.11 Å². The Balaban J connectivity index is 2.01. The van der Waals surface area contributed by atoms with Gasteiger partial charge in [0.25, 0.3) is 0 Å². The number of nitrogens with two attached hydrogens (primary N) is 1. The number of hydrogen-bond donors (Lipinski definition) is 3. The molecule has 2 aromatic carbocycles. The van der Waals surface area contributed by atoms with E-state index >= 15 is 0 Å². The molecule has 0 aliphatic rings. The Morgan fingerprint density at radius 1 is 1.04 bits per heavy atom. The molecule has 25 heavy (non-hydrogen) atoms. The van der Waals surface area contributed by atoms with E-state index < -0.39 is 23.9 Å². The molecule has 0 radical (unpaired) electrons. The molecule has 0 aliphatic heterocycles. The maximum absolute atomic E-state index is 12.1. The summed E-state index contributed by atoms with van der Waals surface area (Å²) in [6.07, 6.45) is 0.307. The number of rotatable bonds is 6. The maximum Gasteiger partial charge on any atom is 0.328 e. The lowest BCUT2D eigenvalue weighted by atomic mass is 10.1. The molecule has 0 saturated carbocycles. The van der Waals surface area contributed by atoms with E-state index in [1.165, 1.54) is 19.2 Å². The van der Waals surface area contributed by atoms with Gasteiger partial charge in [-0.05, 0) is 29.8 Å². The lowest BCUT2D eigenvalue weighted by Gasteiger charge is -2.17. The van der Waals surface area contributed by atoms with Crippen LogP contribution in [0.3, 0.4) is 0 Å². The number of amides is 3. The molecule has 7 nitrogen and oxygen atoms in total. The summed E-state index contributed by atoms with van der Waals surface area (Å²) in [6, 6.07) is 14.0. The van der Waals surface area contributed by atoms with Crippen LogP contribution in [0.1, 0.15) is 15.9 Å². The number of nitrogens with one attached hydrogen (secondary N) is 2. The summed E-state index contributed by atoms with van der Waals surface area (Å²) in [6.45, 7) is 0. The first-order valence-corrected chi connectivity index (χ1v) is 7.58. The van der Waals surface area contributed by atoms with Crippen LogP contribution in [-0.2, 0) is 16.0 Å². The second kappa shape index (κ2) is 8.49. The van der Waals surface area contributed by atoms with Crippen LogP contribution in [0.2, 0.25) is 0 Å². The molecule has 0 aromatic heterocycles. The number of methoxy groups -OCH3 is 1. The Morgan fingerprint density at radius 2 is 1.68 bits per heavy atom. The van der Waals surface area contributed by atoms with Crippen LogP contribution in [-0.4, -0.2) is 31.1 Å². The predicted molar refractivity (Wildman–Crippen MR) is 93.1 cm³/mol. The highest BCUT2D eigenvalue weighted by molar-refractivity contribution is 5.95. The Hall–Kier alpha value is -3.35. The summed E-state index contributed by atoms with van der Waals surface area (Å²) in [5.74, 6) is -1.09. The van der Waals surface area contributed by atoms with E-state index in [9.17, 15) is 14.4 Å². The second-order valence-corrected chi connectivity index (χ2v) is 5.31. The van der Waals surface area contributed by atoms with Gasteiger partial charge in [-0.15, -0.1) is 0 Å². The zero-order valence-corrected chi connectivity index (χ0v) is 13.7. The Morgan fingerprint density at radius 3 is 2.24 bits per heavy atom. The van der Waals surface area contributed by atoms with Crippen LogP contribution in [0.4, 0.5) is 10.5 Å². The minimum atomic E-state index is -0.822. The van der Waals surface area contributed by atoms with Crippen LogP contribution in [0.15, 0.2) is 54.6 Å². The van der Waals surface area contributed by atoms with E-state index in [-0.39, 0.29) is 0 Å². The van der Waals surface area contributed by atoms with Crippen molar-refractivity contribution in [1.82, 2.24) is 5.32 Å². The van der Waals surface area contributed by atoms with Gasteiger partial charge in [0.2, 0.25) is 5.91 Å². The average Bonchev–Trinajstić information content (AvgIpc) is 2.61. The number of esters is 1. The summed E-state index contributed by atoms with van der Waals surface area (Å²) >= 11 is 0. The van der Waals surface area contributed by atoms with Crippen LogP contribution < -0.4 is 16.4 Å². The first kappa shape index (κ1) is 18.0. The zero-order valence-electron chi connectivity index (χ0n) is 13.7. The van der Waals surface area contributed by atoms with E-state index in [1.807, 2.05) is 30.3 Å². The van der Waals surface area contributed by atoms with Crippen LogP contribution >= 0.6 is 0 Å². The Labute approximate surface area is 145 Å². The third-order valence-corrected chi connectivity index (χ3v) is 3.50. The summed E-state index contributed by atoms with van der Waals surface area (Å²) in [4.78, 5) is 35.1. The van der Waals surface area contributed by atoms with E-state index in [0.29, 0.717) is 17.7 Å². The van der Waals surface area contributed by atoms with Crippen molar-refractivity contribution in [3.63, 3.8) is 0 Å². The standard InChI is InChI=1S/C18H19N3O4/c1-25-17(23)15(11-12-5-3-2-4-6-12)21-18(24)20-14-9-7-13(8-10-14)16(19)22/h2-10,15H,11H2,1H3,(H2,19,22)(H2,20,21,24). The van der Waals surface area contributed by atoms with E-state index in [4.69, 9.17) is 10.5 Å².